The molecule has 2 rings (SSSR count). The zero-order valence-electron chi connectivity index (χ0n) is 10.7. The first-order valence-electron chi connectivity index (χ1n) is 5.73. The van der Waals surface area contributed by atoms with Gasteiger partial charge in [0.25, 0.3) is 0 Å². The molecule has 0 aliphatic rings. The number of hydrogen-bond acceptors (Lipinski definition) is 3. The molecule has 1 unspecified atom stereocenters. The molecule has 2 aromatic rings. The van der Waals surface area contributed by atoms with E-state index in [1.807, 2.05) is 20.8 Å². The van der Waals surface area contributed by atoms with E-state index in [-0.39, 0.29) is 11.7 Å². The highest BCUT2D eigenvalue weighted by Gasteiger charge is 2.15. The van der Waals surface area contributed by atoms with E-state index in [1.54, 1.807) is 11.3 Å². The Morgan fingerprint density at radius 2 is 1.74 bits per heavy atom. The average Bonchev–Trinajstić information content (AvgIpc) is 2.65. The summed E-state index contributed by atoms with van der Waals surface area (Å²) in [6.45, 7) is 5.66. The van der Waals surface area contributed by atoms with Gasteiger partial charge in [0.05, 0.1) is 16.7 Å². The predicted molar refractivity (Wildman–Crippen MR) is 69.9 cm³/mol. The maximum absolute atomic E-state index is 13.1. The Labute approximate surface area is 113 Å². The first-order valence-corrected chi connectivity index (χ1v) is 6.55. The molecule has 1 heterocycles. The van der Waals surface area contributed by atoms with Gasteiger partial charge in [-0.1, -0.05) is 0 Å². The Hall–Kier alpha value is -1.56. The molecule has 1 N–H and O–H groups in total. The van der Waals surface area contributed by atoms with Gasteiger partial charge in [-0.05, 0) is 20.8 Å². The number of rotatable bonds is 3. The zero-order chi connectivity index (χ0) is 14.2. The van der Waals surface area contributed by atoms with Gasteiger partial charge in [-0.15, -0.1) is 11.3 Å². The number of aryl methyl sites for hydroxylation is 2. The van der Waals surface area contributed by atoms with Crippen LogP contribution in [0.2, 0.25) is 0 Å². The molecule has 0 saturated carbocycles. The van der Waals surface area contributed by atoms with E-state index >= 15 is 0 Å². The molecule has 6 heteroatoms. The maximum atomic E-state index is 13.1. The minimum atomic E-state index is -1.46. The monoisotopic (exact) mass is 286 g/mol. The van der Waals surface area contributed by atoms with Crippen molar-refractivity contribution in [1.82, 2.24) is 4.98 Å². The molecule has 0 aliphatic carbocycles. The van der Waals surface area contributed by atoms with Gasteiger partial charge in [-0.3, -0.25) is 0 Å². The van der Waals surface area contributed by atoms with E-state index < -0.39 is 17.5 Å². The fourth-order valence-corrected chi connectivity index (χ4v) is 2.82. The molecule has 1 aromatic heterocycles. The lowest BCUT2D eigenvalue weighted by molar-refractivity contribution is 0.447. The molecule has 2 nitrogen and oxygen atoms in total. The summed E-state index contributed by atoms with van der Waals surface area (Å²) in [4.78, 5) is 5.41. The van der Waals surface area contributed by atoms with Crippen LogP contribution in [0.3, 0.4) is 0 Å². The van der Waals surface area contributed by atoms with Crippen molar-refractivity contribution in [3.8, 4) is 0 Å². The summed E-state index contributed by atoms with van der Waals surface area (Å²) < 4.78 is 39.1. The van der Waals surface area contributed by atoms with Crippen molar-refractivity contribution >= 4 is 17.0 Å². The fraction of sp³-hybridized carbons (Fsp3) is 0.308. The van der Waals surface area contributed by atoms with Crippen molar-refractivity contribution < 1.29 is 13.2 Å². The SMILES string of the molecule is Cc1nc(C(C)Nc2cc(F)c(F)c(F)c2)c(C)s1. The second-order valence-corrected chi connectivity index (χ2v) is 5.70. The van der Waals surface area contributed by atoms with Gasteiger partial charge in [0.1, 0.15) is 0 Å². The van der Waals surface area contributed by atoms with Gasteiger partial charge in [-0.2, -0.15) is 0 Å². The number of anilines is 1. The van der Waals surface area contributed by atoms with Crippen molar-refractivity contribution in [3.05, 3.63) is 45.2 Å². The van der Waals surface area contributed by atoms with Crippen LogP contribution < -0.4 is 5.32 Å². The fourth-order valence-electron chi connectivity index (χ4n) is 1.90. The second-order valence-electron chi connectivity index (χ2n) is 4.29. The van der Waals surface area contributed by atoms with Crippen molar-refractivity contribution in [1.29, 1.82) is 0 Å². The van der Waals surface area contributed by atoms with E-state index in [9.17, 15) is 13.2 Å². The van der Waals surface area contributed by atoms with Gasteiger partial charge in [0, 0.05) is 22.7 Å². The first-order chi connectivity index (χ1) is 8.88. The lowest BCUT2D eigenvalue weighted by atomic mass is 10.2. The van der Waals surface area contributed by atoms with Crippen LogP contribution in [-0.2, 0) is 0 Å². The largest absolute Gasteiger partial charge is 0.377 e. The Balaban J connectivity index is 2.24. The van der Waals surface area contributed by atoms with E-state index in [1.165, 1.54) is 0 Å². The topological polar surface area (TPSA) is 24.9 Å². The summed E-state index contributed by atoms with van der Waals surface area (Å²) in [5.41, 5.74) is 1.02. The molecule has 102 valence electrons. The number of hydrogen-bond donors (Lipinski definition) is 1. The van der Waals surface area contributed by atoms with Crippen LogP contribution in [0.15, 0.2) is 12.1 Å². The molecule has 1 atom stereocenters. The Kier molecular flexibility index (Phi) is 3.80. The van der Waals surface area contributed by atoms with Crippen LogP contribution in [0.25, 0.3) is 0 Å². The van der Waals surface area contributed by atoms with Gasteiger partial charge in [-0.25, -0.2) is 18.2 Å². The smallest absolute Gasteiger partial charge is 0.194 e. The molecule has 0 spiro atoms. The molecule has 0 saturated heterocycles. The summed E-state index contributed by atoms with van der Waals surface area (Å²) in [6, 6.07) is 1.65. The quantitative estimate of drug-likeness (QED) is 0.848. The van der Waals surface area contributed by atoms with Gasteiger partial charge in [0.15, 0.2) is 17.5 Å². The molecule has 0 amide bonds. The van der Waals surface area contributed by atoms with Crippen LogP contribution in [0, 0.1) is 31.3 Å². The molecule has 19 heavy (non-hydrogen) atoms. The molecule has 0 radical (unpaired) electrons. The minimum Gasteiger partial charge on any atom is -0.377 e. The molecule has 0 bridgehead atoms. The third-order valence-electron chi connectivity index (χ3n) is 2.72. The van der Waals surface area contributed by atoms with Crippen molar-refractivity contribution in [2.45, 2.75) is 26.8 Å². The number of nitrogens with one attached hydrogen (secondary N) is 1. The maximum Gasteiger partial charge on any atom is 0.194 e. The molecular weight excluding hydrogens is 273 g/mol. The lowest BCUT2D eigenvalue weighted by Crippen LogP contribution is -2.09. The number of halogens is 3. The van der Waals surface area contributed by atoms with E-state index in [0.717, 1.165) is 27.7 Å². The zero-order valence-corrected chi connectivity index (χ0v) is 11.5. The van der Waals surface area contributed by atoms with Crippen LogP contribution in [-0.4, -0.2) is 4.98 Å². The van der Waals surface area contributed by atoms with E-state index in [2.05, 4.69) is 10.3 Å². The highest BCUT2D eigenvalue weighted by Crippen LogP contribution is 2.26. The average molecular weight is 286 g/mol. The summed E-state index contributed by atoms with van der Waals surface area (Å²) in [6.07, 6.45) is 0. The van der Waals surface area contributed by atoms with Crippen molar-refractivity contribution in [2.75, 3.05) is 5.32 Å². The van der Waals surface area contributed by atoms with Crippen LogP contribution in [0.4, 0.5) is 18.9 Å². The molecule has 1 aromatic carbocycles. The van der Waals surface area contributed by atoms with Crippen molar-refractivity contribution in [2.24, 2.45) is 0 Å². The lowest BCUT2D eigenvalue weighted by Gasteiger charge is -2.14. The van der Waals surface area contributed by atoms with Crippen LogP contribution >= 0.6 is 11.3 Å². The predicted octanol–water partition coefficient (Wildman–Crippen LogP) is 4.35. The Morgan fingerprint density at radius 1 is 1.16 bits per heavy atom. The van der Waals surface area contributed by atoms with Gasteiger partial charge < -0.3 is 5.32 Å². The third-order valence-corrected chi connectivity index (χ3v) is 3.62. The summed E-state index contributed by atoms with van der Waals surface area (Å²) >= 11 is 1.56. The number of benzene rings is 1. The first kappa shape index (κ1) is 13.9. The van der Waals surface area contributed by atoms with Crippen LogP contribution in [0.5, 0.6) is 0 Å². The van der Waals surface area contributed by atoms with E-state index in [0.29, 0.717) is 0 Å². The highest BCUT2D eigenvalue weighted by molar-refractivity contribution is 7.11. The number of thiazole rings is 1. The van der Waals surface area contributed by atoms with Gasteiger partial charge in [0.2, 0.25) is 0 Å². The summed E-state index contributed by atoms with van der Waals surface area (Å²) in [5.74, 6) is -3.87. The standard InChI is InChI=1S/C13H13F3N2S/c1-6(13-7(2)19-8(3)18-13)17-9-4-10(14)12(16)11(15)5-9/h4-6,17H,1-3H3. The summed E-state index contributed by atoms with van der Waals surface area (Å²) in [5, 5.41) is 3.85. The highest BCUT2D eigenvalue weighted by atomic mass is 32.1. The Morgan fingerprint density at radius 3 is 2.21 bits per heavy atom. The number of aromatic nitrogens is 1. The summed E-state index contributed by atoms with van der Waals surface area (Å²) in [7, 11) is 0. The van der Waals surface area contributed by atoms with E-state index in [4.69, 9.17) is 0 Å². The third kappa shape index (κ3) is 2.89. The minimum absolute atomic E-state index is 0.189. The van der Waals surface area contributed by atoms with Crippen LogP contribution in [0.1, 0.15) is 28.5 Å². The molecular formula is C13H13F3N2S. The van der Waals surface area contributed by atoms with Gasteiger partial charge >= 0.3 is 0 Å². The normalized spacial score (nSPS) is 12.5. The Bertz CT molecular complexity index is 587. The molecule has 0 fully saturated rings. The van der Waals surface area contributed by atoms with Crippen molar-refractivity contribution in [3.63, 3.8) is 0 Å². The molecule has 0 aliphatic heterocycles. The second kappa shape index (κ2) is 5.21. The number of nitrogens with zero attached hydrogens (tertiary/aromatic N) is 1.